The molecular formula is C16H18FN3O3. The van der Waals surface area contributed by atoms with E-state index in [-0.39, 0.29) is 29.4 Å². The summed E-state index contributed by atoms with van der Waals surface area (Å²) >= 11 is 0. The minimum atomic E-state index is -0.777. The molecule has 122 valence electrons. The van der Waals surface area contributed by atoms with Gasteiger partial charge in [0.1, 0.15) is 11.6 Å². The molecule has 3 N–H and O–H groups in total. The van der Waals surface area contributed by atoms with Crippen LogP contribution in [-0.4, -0.2) is 32.0 Å². The average molecular weight is 319 g/mol. The Hall–Kier alpha value is -2.41. The van der Waals surface area contributed by atoms with Gasteiger partial charge in [-0.05, 0) is 30.9 Å². The molecule has 23 heavy (non-hydrogen) atoms. The second-order valence-corrected chi connectivity index (χ2v) is 5.95. The van der Waals surface area contributed by atoms with E-state index in [0.717, 1.165) is 11.6 Å². The summed E-state index contributed by atoms with van der Waals surface area (Å²) in [6.07, 6.45) is 4.25. The van der Waals surface area contributed by atoms with Crippen molar-refractivity contribution >= 4 is 5.91 Å². The number of benzene rings is 1. The summed E-state index contributed by atoms with van der Waals surface area (Å²) in [6.45, 7) is 0. The van der Waals surface area contributed by atoms with Crippen LogP contribution in [0.3, 0.4) is 0 Å². The van der Waals surface area contributed by atoms with Crippen molar-refractivity contribution in [1.82, 2.24) is 15.1 Å². The van der Waals surface area contributed by atoms with Crippen molar-refractivity contribution in [2.75, 3.05) is 0 Å². The lowest BCUT2D eigenvalue weighted by Gasteiger charge is -2.37. The number of halogens is 1. The Kier molecular flexibility index (Phi) is 4.04. The van der Waals surface area contributed by atoms with Crippen LogP contribution in [-0.2, 0) is 7.05 Å². The van der Waals surface area contributed by atoms with E-state index in [2.05, 4.69) is 10.4 Å². The van der Waals surface area contributed by atoms with Crippen molar-refractivity contribution < 1.29 is 19.4 Å². The summed E-state index contributed by atoms with van der Waals surface area (Å²) < 4.78 is 15.5. The van der Waals surface area contributed by atoms with Crippen LogP contribution in [0.25, 0.3) is 0 Å². The highest BCUT2D eigenvalue weighted by atomic mass is 19.1. The maximum absolute atomic E-state index is 13.8. The predicted octanol–water partition coefficient (Wildman–Crippen LogP) is 1.51. The quantitative estimate of drug-likeness (QED) is 0.797. The minimum Gasteiger partial charge on any atom is -0.508 e. The molecule has 0 aliphatic heterocycles. The first-order valence-corrected chi connectivity index (χ1v) is 7.40. The normalized spacial score (nSPS) is 21.5. The molecular weight excluding hydrogens is 301 g/mol. The number of aliphatic hydroxyl groups is 1. The number of carbonyl (C=O) groups excluding carboxylic acids is 1. The predicted molar refractivity (Wildman–Crippen MR) is 80.2 cm³/mol. The molecule has 1 aromatic heterocycles. The summed E-state index contributed by atoms with van der Waals surface area (Å²) in [7, 11) is 1.78. The molecule has 7 heteroatoms. The Labute approximate surface area is 132 Å². The number of aryl methyl sites for hydroxylation is 1. The molecule has 0 spiro atoms. The van der Waals surface area contributed by atoms with Crippen LogP contribution in [0.2, 0.25) is 0 Å². The third-order valence-corrected chi connectivity index (χ3v) is 4.19. The highest BCUT2D eigenvalue weighted by molar-refractivity contribution is 5.94. The Balaban J connectivity index is 1.81. The van der Waals surface area contributed by atoms with Gasteiger partial charge in [-0.15, -0.1) is 0 Å². The SMILES string of the molecule is Cn1cc([C@@H](NC(=O)c2ccc(O)cc2F)C2CC(O)C2)cn1. The number of hydrogen-bond donors (Lipinski definition) is 3. The highest BCUT2D eigenvalue weighted by Crippen LogP contribution is 2.38. The van der Waals surface area contributed by atoms with Gasteiger partial charge in [0.2, 0.25) is 0 Å². The third kappa shape index (κ3) is 3.19. The standard InChI is InChI=1S/C16H18FN3O3/c1-20-8-10(7-18-20)15(9-4-12(22)5-9)19-16(23)13-3-2-11(21)6-14(13)17/h2-3,6-9,12,15,21-22H,4-5H2,1H3,(H,19,23)/t9?,12?,15-/m0/s1. The van der Waals surface area contributed by atoms with E-state index in [1.54, 1.807) is 24.1 Å². The molecule has 1 aliphatic carbocycles. The topological polar surface area (TPSA) is 87.4 Å². The lowest BCUT2D eigenvalue weighted by Crippen LogP contribution is -2.41. The number of phenolic OH excluding ortho intramolecular Hbond substituents is 1. The number of aliphatic hydroxyl groups excluding tert-OH is 1. The first-order valence-electron chi connectivity index (χ1n) is 7.40. The molecule has 3 rings (SSSR count). The molecule has 1 atom stereocenters. The number of aromatic hydroxyl groups is 1. The van der Waals surface area contributed by atoms with E-state index in [1.807, 2.05) is 0 Å². The maximum Gasteiger partial charge on any atom is 0.254 e. The van der Waals surface area contributed by atoms with Gasteiger partial charge in [-0.2, -0.15) is 5.10 Å². The number of nitrogens with one attached hydrogen (secondary N) is 1. The van der Waals surface area contributed by atoms with Crippen LogP contribution in [0, 0.1) is 11.7 Å². The van der Waals surface area contributed by atoms with Gasteiger partial charge in [-0.3, -0.25) is 9.48 Å². The Morgan fingerprint density at radius 3 is 2.78 bits per heavy atom. The van der Waals surface area contributed by atoms with Crippen molar-refractivity contribution in [2.45, 2.75) is 25.0 Å². The molecule has 0 unspecified atom stereocenters. The second-order valence-electron chi connectivity index (χ2n) is 5.95. The first-order chi connectivity index (χ1) is 10.9. The Bertz CT molecular complexity index is 725. The van der Waals surface area contributed by atoms with Crippen molar-refractivity contribution in [3.63, 3.8) is 0 Å². The highest BCUT2D eigenvalue weighted by Gasteiger charge is 2.36. The summed E-state index contributed by atoms with van der Waals surface area (Å²) in [5, 5.41) is 25.7. The fourth-order valence-electron chi connectivity index (χ4n) is 2.88. The largest absolute Gasteiger partial charge is 0.508 e. The van der Waals surface area contributed by atoms with Gasteiger partial charge < -0.3 is 15.5 Å². The summed E-state index contributed by atoms with van der Waals surface area (Å²) in [6, 6.07) is 3.08. The van der Waals surface area contributed by atoms with Crippen LogP contribution in [0.5, 0.6) is 5.75 Å². The lowest BCUT2D eigenvalue weighted by atomic mass is 9.75. The number of carbonyl (C=O) groups is 1. The van der Waals surface area contributed by atoms with Gasteiger partial charge in [0.15, 0.2) is 0 Å². The zero-order valence-electron chi connectivity index (χ0n) is 12.6. The van der Waals surface area contributed by atoms with E-state index in [4.69, 9.17) is 0 Å². The molecule has 0 bridgehead atoms. The van der Waals surface area contributed by atoms with Gasteiger partial charge in [0, 0.05) is 24.9 Å². The summed E-state index contributed by atoms with van der Waals surface area (Å²) in [4.78, 5) is 12.4. The Morgan fingerprint density at radius 2 is 2.22 bits per heavy atom. The van der Waals surface area contributed by atoms with Gasteiger partial charge >= 0.3 is 0 Å². The lowest BCUT2D eigenvalue weighted by molar-refractivity contribution is 0.0234. The molecule has 2 aromatic rings. The minimum absolute atomic E-state index is 0.0818. The van der Waals surface area contributed by atoms with Crippen molar-refractivity contribution in [3.8, 4) is 5.75 Å². The molecule has 1 saturated carbocycles. The van der Waals surface area contributed by atoms with Gasteiger partial charge in [0.05, 0.1) is 23.9 Å². The molecule has 1 heterocycles. The number of hydrogen-bond acceptors (Lipinski definition) is 4. The zero-order valence-corrected chi connectivity index (χ0v) is 12.6. The van der Waals surface area contributed by atoms with Crippen LogP contribution in [0.1, 0.15) is 34.8 Å². The van der Waals surface area contributed by atoms with E-state index < -0.39 is 11.7 Å². The molecule has 0 saturated heterocycles. The van der Waals surface area contributed by atoms with Crippen molar-refractivity contribution in [1.29, 1.82) is 0 Å². The molecule has 6 nitrogen and oxygen atoms in total. The van der Waals surface area contributed by atoms with Crippen LogP contribution >= 0.6 is 0 Å². The number of rotatable bonds is 4. The third-order valence-electron chi connectivity index (χ3n) is 4.19. The van der Waals surface area contributed by atoms with Crippen LogP contribution in [0.4, 0.5) is 4.39 Å². The molecule has 1 aliphatic rings. The molecule has 1 aromatic carbocycles. The Morgan fingerprint density at radius 1 is 1.48 bits per heavy atom. The van der Waals surface area contributed by atoms with Gasteiger partial charge in [-0.1, -0.05) is 0 Å². The number of aromatic nitrogens is 2. The first kappa shape index (κ1) is 15.5. The van der Waals surface area contributed by atoms with Crippen molar-refractivity contribution in [2.24, 2.45) is 13.0 Å². The fourth-order valence-corrected chi connectivity index (χ4v) is 2.88. The maximum atomic E-state index is 13.8. The molecule has 1 amide bonds. The van der Waals surface area contributed by atoms with Crippen LogP contribution < -0.4 is 5.32 Å². The van der Waals surface area contributed by atoms with E-state index in [9.17, 15) is 19.4 Å². The van der Waals surface area contributed by atoms with E-state index in [0.29, 0.717) is 12.8 Å². The average Bonchev–Trinajstić information content (AvgIpc) is 2.88. The van der Waals surface area contributed by atoms with Gasteiger partial charge in [-0.25, -0.2) is 4.39 Å². The molecule has 0 radical (unpaired) electrons. The smallest absolute Gasteiger partial charge is 0.254 e. The van der Waals surface area contributed by atoms with Crippen molar-refractivity contribution in [3.05, 3.63) is 47.5 Å². The second kappa shape index (κ2) is 6.00. The van der Waals surface area contributed by atoms with E-state index >= 15 is 0 Å². The van der Waals surface area contributed by atoms with Gasteiger partial charge in [0.25, 0.3) is 5.91 Å². The number of amides is 1. The number of phenols is 1. The fraction of sp³-hybridized carbons (Fsp3) is 0.375. The summed E-state index contributed by atoms with van der Waals surface area (Å²) in [5.41, 5.74) is 0.688. The number of nitrogens with zero attached hydrogens (tertiary/aromatic N) is 2. The van der Waals surface area contributed by atoms with E-state index in [1.165, 1.54) is 12.1 Å². The molecule has 1 fully saturated rings. The zero-order chi connectivity index (χ0) is 16.6. The monoisotopic (exact) mass is 319 g/mol. The summed E-state index contributed by atoms with van der Waals surface area (Å²) in [5.74, 6) is -1.48. The van der Waals surface area contributed by atoms with Crippen LogP contribution in [0.15, 0.2) is 30.6 Å².